The third-order valence-electron chi connectivity index (χ3n) is 5.10. The number of hydrogen-bond donors (Lipinski definition) is 0. The second-order valence-corrected chi connectivity index (χ2v) is 7.71. The monoisotopic (exact) mass is 390 g/mol. The van der Waals surface area contributed by atoms with Crippen LogP contribution in [0.25, 0.3) is 0 Å². The summed E-state index contributed by atoms with van der Waals surface area (Å²) in [5.41, 5.74) is 2.32. The number of nitrogens with zero attached hydrogens (tertiary/aromatic N) is 2. The summed E-state index contributed by atoms with van der Waals surface area (Å²) in [6, 6.07) is 24.5. The highest BCUT2D eigenvalue weighted by molar-refractivity contribution is 5.77. The first-order chi connectivity index (χ1) is 14.0. The first-order valence-electron chi connectivity index (χ1n) is 10.1. The molecule has 3 aromatic rings. The Balaban J connectivity index is 1.82. The highest BCUT2D eigenvalue weighted by Gasteiger charge is 2.23. The van der Waals surface area contributed by atoms with E-state index >= 15 is 0 Å². The highest BCUT2D eigenvalue weighted by Crippen LogP contribution is 2.29. The van der Waals surface area contributed by atoms with Gasteiger partial charge in [-0.25, -0.2) is 0 Å². The fourth-order valence-electron chi connectivity index (χ4n) is 3.47. The molecule has 0 aliphatic carbocycles. The van der Waals surface area contributed by atoms with Gasteiger partial charge in [0.05, 0.1) is 6.54 Å². The minimum absolute atomic E-state index is 0.0325. The van der Waals surface area contributed by atoms with Crippen LogP contribution in [-0.4, -0.2) is 42.9 Å². The average Bonchev–Trinajstić information content (AvgIpc) is 3.15. The molecule has 4 heteroatoms. The summed E-state index contributed by atoms with van der Waals surface area (Å²) in [4.78, 5) is 17.4. The minimum Gasteiger partial charge on any atom is -0.464 e. The van der Waals surface area contributed by atoms with Crippen LogP contribution in [-0.2, 0) is 11.3 Å². The van der Waals surface area contributed by atoms with Crippen LogP contribution in [0.2, 0.25) is 0 Å². The standard InChI is InChI=1S/C25H30N2O2/c1-20-14-15-23(29-20)19-27(17-16-26(2)3)25(28)18-24(21-10-6-4-7-11-21)22-12-8-5-9-13-22/h4-15,24H,16-19H2,1-3H3. The predicted octanol–water partition coefficient (Wildman–Crippen LogP) is 4.70. The second kappa shape index (κ2) is 10.1. The number of benzene rings is 2. The molecule has 0 N–H and O–H groups in total. The largest absolute Gasteiger partial charge is 0.464 e. The number of furan rings is 1. The predicted molar refractivity (Wildman–Crippen MR) is 117 cm³/mol. The molecule has 0 aliphatic rings. The molecule has 3 rings (SSSR count). The van der Waals surface area contributed by atoms with Gasteiger partial charge in [0.25, 0.3) is 0 Å². The van der Waals surface area contributed by atoms with Crippen molar-refractivity contribution in [3.05, 3.63) is 95.4 Å². The number of rotatable bonds is 9. The summed E-state index contributed by atoms with van der Waals surface area (Å²) in [5.74, 6) is 1.86. The molecule has 152 valence electrons. The zero-order valence-corrected chi connectivity index (χ0v) is 17.5. The summed E-state index contributed by atoms with van der Waals surface area (Å²) in [7, 11) is 4.05. The normalized spacial score (nSPS) is 11.2. The van der Waals surface area contributed by atoms with Gasteiger partial charge in [-0.1, -0.05) is 60.7 Å². The summed E-state index contributed by atoms with van der Waals surface area (Å²) >= 11 is 0. The van der Waals surface area contributed by atoms with Crippen molar-refractivity contribution in [1.82, 2.24) is 9.80 Å². The fraction of sp³-hybridized carbons (Fsp3) is 0.320. The molecule has 29 heavy (non-hydrogen) atoms. The SMILES string of the molecule is Cc1ccc(CN(CCN(C)C)C(=O)CC(c2ccccc2)c2ccccc2)o1. The van der Waals surface area contributed by atoms with Crippen molar-refractivity contribution in [1.29, 1.82) is 0 Å². The van der Waals surface area contributed by atoms with E-state index in [0.717, 1.165) is 29.2 Å². The van der Waals surface area contributed by atoms with Crippen molar-refractivity contribution in [2.75, 3.05) is 27.2 Å². The van der Waals surface area contributed by atoms with Crippen LogP contribution in [0, 0.1) is 6.92 Å². The van der Waals surface area contributed by atoms with E-state index in [1.54, 1.807) is 0 Å². The van der Waals surface area contributed by atoms with Gasteiger partial charge in [0.1, 0.15) is 11.5 Å². The Kier molecular flexibility index (Phi) is 7.25. The Labute approximate surface area is 173 Å². The number of carbonyl (C=O) groups excluding carboxylic acids is 1. The average molecular weight is 391 g/mol. The van der Waals surface area contributed by atoms with Gasteiger partial charge in [-0.15, -0.1) is 0 Å². The maximum absolute atomic E-state index is 13.4. The number of likely N-dealkylation sites (N-methyl/N-ethyl adjacent to an activating group) is 1. The molecule has 1 aromatic heterocycles. The van der Waals surface area contributed by atoms with Gasteiger partial charge in [-0.2, -0.15) is 0 Å². The van der Waals surface area contributed by atoms with Gasteiger partial charge in [-0.3, -0.25) is 4.79 Å². The minimum atomic E-state index is 0.0325. The number of carbonyl (C=O) groups is 1. The first-order valence-corrected chi connectivity index (χ1v) is 10.1. The quantitative estimate of drug-likeness (QED) is 0.531. The van der Waals surface area contributed by atoms with E-state index in [9.17, 15) is 4.79 Å². The van der Waals surface area contributed by atoms with Crippen LogP contribution in [0.1, 0.15) is 35.0 Å². The van der Waals surface area contributed by atoms with Gasteiger partial charge >= 0.3 is 0 Å². The molecule has 2 aromatic carbocycles. The molecule has 4 nitrogen and oxygen atoms in total. The maximum atomic E-state index is 13.4. The van der Waals surface area contributed by atoms with Gasteiger partial charge in [0.15, 0.2) is 0 Å². The van der Waals surface area contributed by atoms with E-state index < -0.39 is 0 Å². The van der Waals surface area contributed by atoms with Crippen LogP contribution in [0.3, 0.4) is 0 Å². The summed E-state index contributed by atoms with van der Waals surface area (Å²) in [5, 5.41) is 0. The molecule has 0 spiro atoms. The van der Waals surface area contributed by atoms with Gasteiger partial charge in [0, 0.05) is 25.4 Å². The number of amides is 1. The first kappa shape index (κ1) is 20.9. The topological polar surface area (TPSA) is 36.7 Å². The molecule has 0 fully saturated rings. The van der Waals surface area contributed by atoms with E-state index in [1.807, 2.05) is 74.4 Å². The molecular formula is C25H30N2O2. The van der Waals surface area contributed by atoms with Crippen LogP contribution in [0.5, 0.6) is 0 Å². The lowest BCUT2D eigenvalue weighted by molar-refractivity contribution is -0.132. The van der Waals surface area contributed by atoms with Crippen molar-refractivity contribution < 1.29 is 9.21 Å². The second-order valence-electron chi connectivity index (χ2n) is 7.71. The Hall–Kier alpha value is -2.85. The Morgan fingerprint density at radius 3 is 1.93 bits per heavy atom. The fourth-order valence-corrected chi connectivity index (χ4v) is 3.47. The van der Waals surface area contributed by atoms with Crippen molar-refractivity contribution in [3.63, 3.8) is 0 Å². The van der Waals surface area contributed by atoms with Crippen LogP contribution in [0.15, 0.2) is 77.2 Å². The molecule has 0 unspecified atom stereocenters. The molecule has 1 heterocycles. The van der Waals surface area contributed by atoms with Gasteiger partial charge in [-0.05, 0) is 44.3 Å². The Morgan fingerprint density at radius 1 is 0.862 bits per heavy atom. The lowest BCUT2D eigenvalue weighted by Crippen LogP contribution is -2.36. The molecule has 0 saturated heterocycles. The van der Waals surface area contributed by atoms with Crippen LogP contribution < -0.4 is 0 Å². The smallest absolute Gasteiger partial charge is 0.223 e. The summed E-state index contributed by atoms with van der Waals surface area (Å²) < 4.78 is 5.74. The molecule has 1 amide bonds. The zero-order valence-electron chi connectivity index (χ0n) is 17.5. The van der Waals surface area contributed by atoms with E-state index in [-0.39, 0.29) is 11.8 Å². The van der Waals surface area contributed by atoms with E-state index in [0.29, 0.717) is 19.5 Å². The lowest BCUT2D eigenvalue weighted by atomic mass is 9.88. The molecular weight excluding hydrogens is 360 g/mol. The third kappa shape index (κ3) is 6.06. The van der Waals surface area contributed by atoms with E-state index in [2.05, 4.69) is 29.2 Å². The maximum Gasteiger partial charge on any atom is 0.223 e. The molecule has 0 saturated carbocycles. The zero-order chi connectivity index (χ0) is 20.6. The molecule has 0 atom stereocenters. The molecule has 0 radical (unpaired) electrons. The Morgan fingerprint density at radius 2 is 1.45 bits per heavy atom. The number of hydrogen-bond acceptors (Lipinski definition) is 3. The van der Waals surface area contributed by atoms with Crippen molar-refractivity contribution >= 4 is 5.91 Å². The summed E-state index contributed by atoms with van der Waals surface area (Å²) in [6.07, 6.45) is 0.432. The third-order valence-corrected chi connectivity index (χ3v) is 5.10. The molecule has 0 aliphatic heterocycles. The number of aryl methyl sites for hydroxylation is 1. The van der Waals surface area contributed by atoms with Crippen molar-refractivity contribution in [2.24, 2.45) is 0 Å². The summed E-state index contributed by atoms with van der Waals surface area (Å²) in [6.45, 7) is 3.90. The van der Waals surface area contributed by atoms with E-state index in [4.69, 9.17) is 4.42 Å². The van der Waals surface area contributed by atoms with E-state index in [1.165, 1.54) is 0 Å². The lowest BCUT2D eigenvalue weighted by Gasteiger charge is -2.26. The van der Waals surface area contributed by atoms with Crippen LogP contribution in [0.4, 0.5) is 0 Å². The molecule has 0 bridgehead atoms. The van der Waals surface area contributed by atoms with Crippen LogP contribution >= 0.6 is 0 Å². The Bertz CT molecular complexity index is 848. The van der Waals surface area contributed by atoms with Crippen molar-refractivity contribution in [2.45, 2.75) is 25.8 Å². The van der Waals surface area contributed by atoms with Gasteiger partial charge in [0.2, 0.25) is 5.91 Å². The highest BCUT2D eigenvalue weighted by atomic mass is 16.3. The van der Waals surface area contributed by atoms with Crippen molar-refractivity contribution in [3.8, 4) is 0 Å². The van der Waals surface area contributed by atoms with Gasteiger partial charge < -0.3 is 14.2 Å².